The van der Waals surface area contributed by atoms with Crippen LogP contribution in [0.2, 0.25) is 0 Å². The molecule has 5 nitrogen and oxygen atoms in total. The molecule has 2 rings (SSSR count). The molecule has 2 aromatic carbocycles. The van der Waals surface area contributed by atoms with Gasteiger partial charge in [0.1, 0.15) is 5.75 Å². The van der Waals surface area contributed by atoms with Crippen molar-refractivity contribution in [2.45, 2.75) is 13.8 Å². The van der Waals surface area contributed by atoms with Crippen molar-refractivity contribution in [3.05, 3.63) is 59.2 Å². The lowest BCUT2D eigenvalue weighted by atomic mass is 10.1. The largest absolute Gasteiger partial charge is 0.483 e. The van der Waals surface area contributed by atoms with Crippen molar-refractivity contribution >= 4 is 17.5 Å². The number of nitrogens with two attached hydrogens (primary N) is 1. The predicted molar refractivity (Wildman–Crippen MR) is 85.0 cm³/mol. The molecular formula is C17H18N2O3. The molecule has 3 N–H and O–H groups in total. The zero-order chi connectivity index (χ0) is 16.1. The summed E-state index contributed by atoms with van der Waals surface area (Å²) in [5, 5.41) is 2.63. The Hall–Kier alpha value is -2.82. The highest BCUT2D eigenvalue weighted by Crippen LogP contribution is 2.20. The molecular weight excluding hydrogens is 280 g/mol. The van der Waals surface area contributed by atoms with Crippen molar-refractivity contribution in [2.75, 3.05) is 11.9 Å². The van der Waals surface area contributed by atoms with Gasteiger partial charge in [-0.05, 0) is 43.2 Å². The van der Waals surface area contributed by atoms with Crippen LogP contribution in [0, 0.1) is 13.8 Å². The van der Waals surface area contributed by atoms with E-state index in [4.69, 9.17) is 10.5 Å². The summed E-state index contributed by atoms with van der Waals surface area (Å²) < 4.78 is 5.52. The van der Waals surface area contributed by atoms with E-state index in [-0.39, 0.29) is 18.1 Å². The summed E-state index contributed by atoms with van der Waals surface area (Å²) in [4.78, 5) is 23.3. The Labute approximate surface area is 129 Å². The first-order valence-electron chi connectivity index (χ1n) is 6.86. The first-order valence-corrected chi connectivity index (χ1v) is 6.86. The first kappa shape index (κ1) is 15.6. The summed E-state index contributed by atoms with van der Waals surface area (Å²) in [5.41, 5.74) is 8.00. The fourth-order valence-electron chi connectivity index (χ4n) is 2.02. The van der Waals surface area contributed by atoms with Gasteiger partial charge >= 0.3 is 0 Å². The summed E-state index contributed by atoms with van der Waals surface area (Å²) >= 11 is 0. The van der Waals surface area contributed by atoms with Gasteiger partial charge in [0.25, 0.3) is 11.8 Å². The smallest absolute Gasteiger partial charge is 0.262 e. The fraction of sp³-hybridized carbons (Fsp3) is 0.176. The van der Waals surface area contributed by atoms with Crippen molar-refractivity contribution in [3.8, 4) is 5.75 Å². The number of hydrogen-bond acceptors (Lipinski definition) is 3. The van der Waals surface area contributed by atoms with E-state index >= 15 is 0 Å². The van der Waals surface area contributed by atoms with Crippen molar-refractivity contribution in [3.63, 3.8) is 0 Å². The number of carbonyl (C=O) groups excluding carboxylic acids is 2. The van der Waals surface area contributed by atoms with Crippen molar-refractivity contribution in [1.29, 1.82) is 0 Å². The third kappa shape index (κ3) is 3.63. The van der Waals surface area contributed by atoms with Gasteiger partial charge in [-0.2, -0.15) is 0 Å². The maximum absolute atomic E-state index is 12.0. The van der Waals surface area contributed by atoms with Crippen molar-refractivity contribution < 1.29 is 14.3 Å². The number of nitrogens with one attached hydrogen (secondary N) is 1. The number of amides is 2. The molecule has 2 amide bonds. The summed E-state index contributed by atoms with van der Waals surface area (Å²) in [6.45, 7) is 3.77. The number of primary amides is 1. The van der Waals surface area contributed by atoms with Gasteiger partial charge in [0.05, 0.1) is 11.3 Å². The molecule has 0 atom stereocenters. The monoisotopic (exact) mass is 298 g/mol. The Bertz CT molecular complexity index is 711. The van der Waals surface area contributed by atoms with E-state index in [0.717, 1.165) is 11.1 Å². The van der Waals surface area contributed by atoms with Crippen LogP contribution in [-0.2, 0) is 4.79 Å². The normalized spacial score (nSPS) is 10.1. The molecule has 0 aliphatic heterocycles. The molecule has 0 radical (unpaired) electrons. The van der Waals surface area contributed by atoms with Crippen LogP contribution in [0.25, 0.3) is 0 Å². The van der Waals surface area contributed by atoms with E-state index in [0.29, 0.717) is 11.4 Å². The molecule has 0 aliphatic carbocycles. The Morgan fingerprint density at radius 2 is 1.82 bits per heavy atom. The van der Waals surface area contributed by atoms with Gasteiger partial charge in [-0.3, -0.25) is 9.59 Å². The van der Waals surface area contributed by atoms with Gasteiger partial charge < -0.3 is 15.8 Å². The second-order valence-corrected chi connectivity index (χ2v) is 4.94. The molecule has 0 saturated heterocycles. The van der Waals surface area contributed by atoms with E-state index in [2.05, 4.69) is 5.32 Å². The van der Waals surface area contributed by atoms with E-state index in [1.54, 1.807) is 24.3 Å². The standard InChI is InChI=1S/C17H18N2O3/c1-11-6-5-9-15(12(11)2)22-10-16(20)19-14-8-4-3-7-13(14)17(18)21/h3-9H,10H2,1-2H3,(H2,18,21)(H,19,20). The number of carbonyl (C=O) groups is 2. The summed E-state index contributed by atoms with van der Waals surface area (Å²) in [5.74, 6) is -0.278. The fourth-order valence-corrected chi connectivity index (χ4v) is 2.02. The Morgan fingerprint density at radius 1 is 1.09 bits per heavy atom. The molecule has 0 saturated carbocycles. The number of aryl methyl sites for hydroxylation is 1. The molecule has 2 aromatic rings. The van der Waals surface area contributed by atoms with Crippen molar-refractivity contribution in [1.82, 2.24) is 0 Å². The zero-order valence-corrected chi connectivity index (χ0v) is 12.6. The Kier molecular flexibility index (Phi) is 4.78. The van der Waals surface area contributed by atoms with E-state index in [9.17, 15) is 9.59 Å². The van der Waals surface area contributed by atoms with Crippen LogP contribution in [-0.4, -0.2) is 18.4 Å². The molecule has 5 heteroatoms. The van der Waals surface area contributed by atoms with E-state index in [1.807, 2.05) is 32.0 Å². The maximum Gasteiger partial charge on any atom is 0.262 e. The maximum atomic E-state index is 12.0. The predicted octanol–water partition coefficient (Wildman–Crippen LogP) is 2.42. The average molecular weight is 298 g/mol. The molecule has 114 valence electrons. The summed E-state index contributed by atoms with van der Waals surface area (Å²) in [6, 6.07) is 12.2. The summed E-state index contributed by atoms with van der Waals surface area (Å²) in [6.07, 6.45) is 0. The zero-order valence-electron chi connectivity index (χ0n) is 12.6. The van der Waals surface area contributed by atoms with Gasteiger partial charge in [-0.25, -0.2) is 0 Å². The van der Waals surface area contributed by atoms with Crippen LogP contribution in [0.15, 0.2) is 42.5 Å². The molecule has 0 unspecified atom stereocenters. The van der Waals surface area contributed by atoms with Crippen LogP contribution < -0.4 is 15.8 Å². The number of benzene rings is 2. The van der Waals surface area contributed by atoms with Crippen LogP contribution in [0.4, 0.5) is 5.69 Å². The average Bonchev–Trinajstić information content (AvgIpc) is 2.49. The molecule has 0 spiro atoms. The van der Waals surface area contributed by atoms with E-state index < -0.39 is 5.91 Å². The molecule has 22 heavy (non-hydrogen) atoms. The van der Waals surface area contributed by atoms with Crippen molar-refractivity contribution in [2.24, 2.45) is 5.73 Å². The highest BCUT2D eigenvalue weighted by molar-refractivity contribution is 6.03. The molecule has 0 heterocycles. The quantitative estimate of drug-likeness (QED) is 0.889. The molecule has 0 aliphatic rings. The van der Waals surface area contributed by atoms with Gasteiger partial charge in [0, 0.05) is 0 Å². The Balaban J connectivity index is 2.02. The molecule has 0 aromatic heterocycles. The lowest BCUT2D eigenvalue weighted by molar-refractivity contribution is -0.118. The SMILES string of the molecule is Cc1cccc(OCC(=O)Nc2ccccc2C(N)=O)c1C. The third-order valence-electron chi connectivity index (χ3n) is 3.38. The highest BCUT2D eigenvalue weighted by Gasteiger charge is 2.11. The van der Waals surface area contributed by atoms with Crippen LogP contribution in [0.1, 0.15) is 21.5 Å². The minimum atomic E-state index is -0.591. The minimum Gasteiger partial charge on any atom is -0.483 e. The van der Waals surface area contributed by atoms with Crippen LogP contribution in [0.5, 0.6) is 5.75 Å². The number of hydrogen-bond donors (Lipinski definition) is 2. The topological polar surface area (TPSA) is 81.4 Å². The van der Waals surface area contributed by atoms with Gasteiger partial charge in [0.15, 0.2) is 6.61 Å². The second-order valence-electron chi connectivity index (χ2n) is 4.94. The second kappa shape index (κ2) is 6.76. The number of rotatable bonds is 5. The number of anilines is 1. The van der Waals surface area contributed by atoms with Gasteiger partial charge in [-0.1, -0.05) is 24.3 Å². The lowest BCUT2D eigenvalue weighted by Crippen LogP contribution is -2.23. The van der Waals surface area contributed by atoms with Gasteiger partial charge in [0.2, 0.25) is 0 Å². The minimum absolute atomic E-state index is 0.141. The van der Waals surface area contributed by atoms with Gasteiger partial charge in [-0.15, -0.1) is 0 Å². The number of ether oxygens (including phenoxy) is 1. The number of para-hydroxylation sites is 1. The van der Waals surface area contributed by atoms with Crippen LogP contribution >= 0.6 is 0 Å². The first-order chi connectivity index (χ1) is 10.5. The highest BCUT2D eigenvalue weighted by atomic mass is 16.5. The molecule has 0 bridgehead atoms. The lowest BCUT2D eigenvalue weighted by Gasteiger charge is -2.12. The third-order valence-corrected chi connectivity index (χ3v) is 3.38. The summed E-state index contributed by atoms with van der Waals surface area (Å²) in [7, 11) is 0. The van der Waals surface area contributed by atoms with E-state index in [1.165, 1.54) is 0 Å². The van der Waals surface area contributed by atoms with Crippen LogP contribution in [0.3, 0.4) is 0 Å². The molecule has 0 fully saturated rings. The Morgan fingerprint density at radius 3 is 2.55 bits per heavy atom.